The molecule has 0 bridgehead atoms. The van der Waals surface area contributed by atoms with Crippen LogP contribution in [0.4, 0.5) is 23.4 Å². The van der Waals surface area contributed by atoms with Crippen molar-refractivity contribution in [1.29, 1.82) is 0 Å². The summed E-state index contributed by atoms with van der Waals surface area (Å²) in [6.45, 7) is 0. The smallest absolute Gasteiger partial charge is 0.363 e. The molecule has 86 valence electrons. The average Bonchev–Trinajstić information content (AvgIpc) is 2.60. The van der Waals surface area contributed by atoms with Gasteiger partial charge in [0.05, 0.1) is 5.52 Å². The first-order valence-corrected chi connectivity index (χ1v) is 4.20. The van der Waals surface area contributed by atoms with E-state index < -0.39 is 18.2 Å². The van der Waals surface area contributed by atoms with Crippen LogP contribution in [0.15, 0.2) is 12.1 Å². The molecule has 2 aromatic rings. The van der Waals surface area contributed by atoms with Gasteiger partial charge in [0.15, 0.2) is 11.5 Å². The number of rotatable bonds is 2. The summed E-state index contributed by atoms with van der Waals surface area (Å²) >= 11 is 0. The van der Waals surface area contributed by atoms with E-state index in [0.29, 0.717) is 0 Å². The normalized spacial score (nSPS) is 12.6. The number of hydrogen-bond donors (Lipinski definition) is 2. The molecule has 0 aliphatic heterocycles. The Morgan fingerprint density at radius 1 is 1.25 bits per heavy atom. The minimum absolute atomic E-state index is 0.0749. The quantitative estimate of drug-likeness (QED) is 0.780. The Balaban J connectivity index is 2.55. The lowest BCUT2D eigenvalue weighted by molar-refractivity contribution is -0.140. The van der Waals surface area contributed by atoms with E-state index in [4.69, 9.17) is 5.73 Å². The number of aromatic amines is 1. The van der Waals surface area contributed by atoms with Gasteiger partial charge >= 0.3 is 12.3 Å². The number of H-pyrrole nitrogens is 1. The van der Waals surface area contributed by atoms with Gasteiger partial charge in [0.2, 0.25) is 0 Å². The van der Waals surface area contributed by atoms with Gasteiger partial charge in [-0.2, -0.15) is 8.78 Å². The lowest BCUT2D eigenvalue weighted by Crippen LogP contribution is -2.25. The van der Waals surface area contributed by atoms with E-state index >= 15 is 0 Å². The zero-order valence-corrected chi connectivity index (χ0v) is 7.72. The summed E-state index contributed by atoms with van der Waals surface area (Å²) in [5.41, 5.74) is 5.32. The molecular weight excluding hydrogens is 228 g/mol. The van der Waals surface area contributed by atoms with Gasteiger partial charge in [-0.25, -0.2) is 18.7 Å². The number of fused-ring (bicyclic) bond motifs is 1. The standard InChI is InChI=1S/C8H6F4N4/c9-6(10)8(11,12)7-14-3-1-2-4(13)15-5(3)16-7/h1-2,6H,(H3,13,14,15,16). The number of imidazole rings is 1. The highest BCUT2D eigenvalue weighted by Gasteiger charge is 2.45. The third-order valence-corrected chi connectivity index (χ3v) is 1.96. The highest BCUT2D eigenvalue weighted by Crippen LogP contribution is 2.33. The van der Waals surface area contributed by atoms with E-state index in [1.54, 1.807) is 0 Å². The second kappa shape index (κ2) is 3.32. The largest absolute Gasteiger partial charge is 0.384 e. The Morgan fingerprint density at radius 3 is 2.56 bits per heavy atom. The number of halogens is 4. The van der Waals surface area contributed by atoms with Crippen molar-refractivity contribution in [2.24, 2.45) is 0 Å². The third kappa shape index (κ3) is 1.55. The molecule has 3 N–H and O–H groups in total. The van der Waals surface area contributed by atoms with Gasteiger partial charge in [-0.3, -0.25) is 0 Å². The first-order valence-electron chi connectivity index (χ1n) is 4.20. The molecule has 4 nitrogen and oxygen atoms in total. The SMILES string of the molecule is Nc1ccc2[nH]c(C(F)(F)C(F)F)nc2n1. The predicted octanol–water partition coefficient (Wildman–Crippen LogP) is 1.90. The molecule has 0 spiro atoms. The van der Waals surface area contributed by atoms with Crippen molar-refractivity contribution >= 4 is 17.0 Å². The Morgan fingerprint density at radius 2 is 1.94 bits per heavy atom. The molecule has 0 amide bonds. The highest BCUT2D eigenvalue weighted by atomic mass is 19.3. The summed E-state index contributed by atoms with van der Waals surface area (Å²) in [4.78, 5) is 9.00. The lowest BCUT2D eigenvalue weighted by atomic mass is 10.3. The predicted molar refractivity (Wildman–Crippen MR) is 48.2 cm³/mol. The van der Waals surface area contributed by atoms with Crippen LogP contribution in [-0.4, -0.2) is 21.4 Å². The molecule has 0 aromatic carbocycles. The number of nitrogens with two attached hydrogens (primary N) is 1. The number of aromatic nitrogens is 3. The molecule has 2 heterocycles. The van der Waals surface area contributed by atoms with E-state index in [2.05, 4.69) is 15.0 Å². The van der Waals surface area contributed by atoms with Crippen LogP contribution in [0, 0.1) is 0 Å². The number of nitrogen functional groups attached to an aromatic ring is 1. The maximum absolute atomic E-state index is 12.9. The topological polar surface area (TPSA) is 67.6 Å². The fourth-order valence-corrected chi connectivity index (χ4v) is 1.17. The minimum Gasteiger partial charge on any atom is -0.384 e. The van der Waals surface area contributed by atoms with Gasteiger partial charge in [0.25, 0.3) is 0 Å². The molecule has 0 aliphatic carbocycles. The van der Waals surface area contributed by atoms with Crippen LogP contribution in [0.1, 0.15) is 5.82 Å². The number of alkyl halides is 4. The molecular formula is C8H6F4N4. The van der Waals surface area contributed by atoms with E-state index in [1.165, 1.54) is 12.1 Å². The van der Waals surface area contributed by atoms with Crippen molar-refractivity contribution in [3.05, 3.63) is 18.0 Å². The van der Waals surface area contributed by atoms with E-state index in [0.717, 1.165) is 0 Å². The number of pyridine rings is 1. The summed E-state index contributed by atoms with van der Waals surface area (Å²) in [5, 5.41) is 0. The zero-order chi connectivity index (χ0) is 11.9. The van der Waals surface area contributed by atoms with Crippen molar-refractivity contribution in [3.63, 3.8) is 0 Å². The van der Waals surface area contributed by atoms with Crippen molar-refractivity contribution < 1.29 is 17.6 Å². The second-order valence-electron chi connectivity index (χ2n) is 3.12. The van der Waals surface area contributed by atoms with Crippen molar-refractivity contribution in [2.45, 2.75) is 12.3 Å². The Labute approximate surface area is 86.5 Å². The van der Waals surface area contributed by atoms with Gasteiger partial charge in [-0.05, 0) is 12.1 Å². The molecule has 0 saturated carbocycles. The fraction of sp³-hybridized carbons (Fsp3) is 0.250. The van der Waals surface area contributed by atoms with E-state index in [-0.39, 0.29) is 17.0 Å². The van der Waals surface area contributed by atoms with Gasteiger partial charge in [-0.1, -0.05) is 0 Å². The summed E-state index contributed by atoms with van der Waals surface area (Å²) in [6, 6.07) is 2.69. The lowest BCUT2D eigenvalue weighted by Gasteiger charge is -2.10. The Hall–Kier alpha value is -1.86. The van der Waals surface area contributed by atoms with Gasteiger partial charge in [0, 0.05) is 0 Å². The van der Waals surface area contributed by atoms with Crippen molar-refractivity contribution in [2.75, 3.05) is 5.73 Å². The van der Waals surface area contributed by atoms with Crippen LogP contribution in [0.2, 0.25) is 0 Å². The van der Waals surface area contributed by atoms with Crippen LogP contribution in [0.25, 0.3) is 11.2 Å². The van der Waals surface area contributed by atoms with Crippen molar-refractivity contribution in [1.82, 2.24) is 15.0 Å². The van der Waals surface area contributed by atoms with Gasteiger partial charge in [-0.15, -0.1) is 0 Å². The molecule has 16 heavy (non-hydrogen) atoms. The van der Waals surface area contributed by atoms with E-state index in [1.807, 2.05) is 0 Å². The Bertz CT molecular complexity index is 522. The molecule has 0 atom stereocenters. The molecule has 2 rings (SSSR count). The maximum Gasteiger partial charge on any atom is 0.363 e. The van der Waals surface area contributed by atoms with Crippen LogP contribution >= 0.6 is 0 Å². The van der Waals surface area contributed by atoms with Crippen LogP contribution in [0.3, 0.4) is 0 Å². The molecule has 0 unspecified atom stereocenters. The Kier molecular flexibility index (Phi) is 2.21. The molecule has 0 radical (unpaired) electrons. The maximum atomic E-state index is 12.9. The molecule has 8 heteroatoms. The van der Waals surface area contributed by atoms with Gasteiger partial charge < -0.3 is 10.7 Å². The third-order valence-electron chi connectivity index (χ3n) is 1.96. The molecule has 0 fully saturated rings. The molecule has 0 saturated heterocycles. The first-order chi connectivity index (χ1) is 7.41. The number of hydrogen-bond acceptors (Lipinski definition) is 3. The summed E-state index contributed by atoms with van der Waals surface area (Å²) in [5.74, 6) is -5.36. The zero-order valence-electron chi connectivity index (χ0n) is 7.72. The monoisotopic (exact) mass is 234 g/mol. The van der Waals surface area contributed by atoms with Crippen LogP contribution < -0.4 is 5.73 Å². The van der Waals surface area contributed by atoms with Crippen molar-refractivity contribution in [3.8, 4) is 0 Å². The second-order valence-corrected chi connectivity index (χ2v) is 3.12. The van der Waals surface area contributed by atoms with Gasteiger partial charge in [0.1, 0.15) is 5.82 Å². The summed E-state index contributed by atoms with van der Waals surface area (Å²) in [6.07, 6.45) is -3.83. The highest BCUT2D eigenvalue weighted by molar-refractivity contribution is 5.72. The minimum atomic E-state index is -4.32. The van der Waals surface area contributed by atoms with Crippen LogP contribution in [-0.2, 0) is 5.92 Å². The first kappa shape index (κ1) is 10.7. The average molecular weight is 234 g/mol. The molecule has 0 aliphatic rings. The summed E-state index contributed by atoms with van der Waals surface area (Å²) < 4.78 is 49.9. The van der Waals surface area contributed by atoms with Crippen LogP contribution in [0.5, 0.6) is 0 Å². The number of nitrogens with zero attached hydrogens (tertiary/aromatic N) is 2. The number of anilines is 1. The fourth-order valence-electron chi connectivity index (χ4n) is 1.17. The number of nitrogens with one attached hydrogen (secondary N) is 1. The van der Waals surface area contributed by atoms with E-state index in [9.17, 15) is 17.6 Å². The molecule has 2 aromatic heterocycles. The summed E-state index contributed by atoms with van der Waals surface area (Å²) in [7, 11) is 0.